The Kier molecular flexibility index (Phi) is 5.71. The van der Waals surface area contributed by atoms with E-state index in [-0.39, 0.29) is 17.7 Å². The average molecular weight is 350 g/mol. The molecule has 1 aromatic rings. The molecule has 3 heterocycles. The van der Waals surface area contributed by atoms with Crippen molar-refractivity contribution in [2.75, 3.05) is 31.1 Å². The van der Waals surface area contributed by atoms with Gasteiger partial charge in [-0.05, 0) is 25.7 Å². The Labute approximate surface area is 147 Å². The fourth-order valence-electron chi connectivity index (χ4n) is 3.39. The van der Waals surface area contributed by atoms with Crippen molar-refractivity contribution in [1.82, 2.24) is 15.2 Å². The van der Waals surface area contributed by atoms with Gasteiger partial charge < -0.3 is 15.1 Å². The van der Waals surface area contributed by atoms with Crippen molar-refractivity contribution in [2.24, 2.45) is 5.92 Å². The molecule has 0 aromatic carbocycles. The lowest BCUT2D eigenvalue weighted by molar-refractivity contribution is -0.135. The summed E-state index contributed by atoms with van der Waals surface area (Å²) in [5.74, 6) is 0.0903. The Morgan fingerprint density at radius 1 is 1.29 bits per heavy atom. The average Bonchev–Trinajstić information content (AvgIpc) is 3.30. The quantitative estimate of drug-likeness (QED) is 0.882. The van der Waals surface area contributed by atoms with E-state index in [4.69, 9.17) is 0 Å². The van der Waals surface area contributed by atoms with Crippen LogP contribution in [0.25, 0.3) is 0 Å². The maximum absolute atomic E-state index is 12.4. The van der Waals surface area contributed by atoms with E-state index in [0.29, 0.717) is 19.5 Å². The molecule has 7 heteroatoms. The lowest BCUT2D eigenvalue weighted by Gasteiger charge is -2.31. The maximum Gasteiger partial charge on any atom is 0.225 e. The van der Waals surface area contributed by atoms with Gasteiger partial charge in [0.05, 0.1) is 18.2 Å². The van der Waals surface area contributed by atoms with Crippen molar-refractivity contribution in [3.05, 3.63) is 11.1 Å². The minimum absolute atomic E-state index is 0.0410. The standard InChI is InChI=1S/C17H26N4O2S/c1-2-15(22)21-9-5-6-13(11-21)16(23)18-10-14-12-24-17(19-14)20-7-3-4-8-20/h12-13H,2-11H2,1H3,(H,18,23). The van der Waals surface area contributed by atoms with Gasteiger partial charge in [0, 0.05) is 38.0 Å². The van der Waals surface area contributed by atoms with Gasteiger partial charge in [-0.1, -0.05) is 6.92 Å². The topological polar surface area (TPSA) is 65.5 Å². The zero-order chi connectivity index (χ0) is 16.9. The molecule has 0 saturated carbocycles. The minimum atomic E-state index is -0.0917. The Hall–Kier alpha value is -1.63. The molecule has 0 aliphatic carbocycles. The van der Waals surface area contributed by atoms with Gasteiger partial charge in [0.2, 0.25) is 11.8 Å². The number of aromatic nitrogens is 1. The van der Waals surface area contributed by atoms with E-state index in [9.17, 15) is 9.59 Å². The number of anilines is 1. The number of carbonyl (C=O) groups excluding carboxylic acids is 2. The summed E-state index contributed by atoms with van der Waals surface area (Å²) >= 11 is 1.65. The van der Waals surface area contributed by atoms with Gasteiger partial charge in [-0.15, -0.1) is 11.3 Å². The van der Waals surface area contributed by atoms with Crippen LogP contribution in [-0.4, -0.2) is 47.9 Å². The summed E-state index contributed by atoms with van der Waals surface area (Å²) in [6.07, 6.45) is 4.74. The highest BCUT2D eigenvalue weighted by Crippen LogP contribution is 2.24. The molecular formula is C17H26N4O2S. The number of nitrogens with one attached hydrogen (secondary N) is 1. The van der Waals surface area contributed by atoms with Gasteiger partial charge in [0.1, 0.15) is 0 Å². The molecule has 1 unspecified atom stereocenters. The first-order chi connectivity index (χ1) is 11.7. The Morgan fingerprint density at radius 2 is 2.08 bits per heavy atom. The molecule has 2 aliphatic rings. The number of amides is 2. The zero-order valence-electron chi connectivity index (χ0n) is 14.3. The SMILES string of the molecule is CCC(=O)N1CCCC(C(=O)NCc2csc(N3CCCC3)n2)C1. The maximum atomic E-state index is 12.4. The number of rotatable bonds is 5. The third kappa shape index (κ3) is 4.06. The molecule has 1 N–H and O–H groups in total. The second kappa shape index (κ2) is 7.96. The van der Waals surface area contributed by atoms with Crippen molar-refractivity contribution >= 4 is 28.3 Å². The van der Waals surface area contributed by atoms with E-state index in [1.165, 1.54) is 12.8 Å². The van der Waals surface area contributed by atoms with Crippen molar-refractivity contribution in [2.45, 2.75) is 45.6 Å². The van der Waals surface area contributed by atoms with Gasteiger partial charge >= 0.3 is 0 Å². The summed E-state index contributed by atoms with van der Waals surface area (Å²) in [4.78, 5) is 33.0. The van der Waals surface area contributed by atoms with Crippen LogP contribution in [-0.2, 0) is 16.1 Å². The highest BCUT2D eigenvalue weighted by molar-refractivity contribution is 7.13. The molecule has 2 fully saturated rings. The number of likely N-dealkylation sites (tertiary alicyclic amines) is 1. The van der Waals surface area contributed by atoms with E-state index >= 15 is 0 Å². The second-order valence-corrected chi connectivity index (χ2v) is 7.40. The molecule has 1 aromatic heterocycles. The van der Waals surface area contributed by atoms with Gasteiger partial charge in [-0.25, -0.2) is 4.98 Å². The molecule has 3 rings (SSSR count). The third-order valence-corrected chi connectivity index (χ3v) is 5.76. The summed E-state index contributed by atoms with van der Waals surface area (Å²) in [6.45, 7) is 5.84. The first-order valence-corrected chi connectivity index (χ1v) is 9.80. The van der Waals surface area contributed by atoms with Gasteiger partial charge in [-0.3, -0.25) is 9.59 Å². The zero-order valence-corrected chi connectivity index (χ0v) is 15.1. The molecule has 2 amide bonds. The Balaban J connectivity index is 1.49. The molecule has 0 spiro atoms. The molecule has 24 heavy (non-hydrogen) atoms. The molecule has 6 nitrogen and oxygen atoms in total. The van der Waals surface area contributed by atoms with E-state index < -0.39 is 0 Å². The first-order valence-electron chi connectivity index (χ1n) is 8.92. The van der Waals surface area contributed by atoms with Crippen molar-refractivity contribution < 1.29 is 9.59 Å². The number of hydrogen-bond acceptors (Lipinski definition) is 5. The molecule has 0 radical (unpaired) electrons. The fraction of sp³-hybridized carbons (Fsp3) is 0.706. The predicted octanol–water partition coefficient (Wildman–Crippen LogP) is 2.01. The number of carbonyl (C=O) groups is 2. The minimum Gasteiger partial charge on any atom is -0.350 e. The number of thiazole rings is 1. The molecular weight excluding hydrogens is 324 g/mol. The molecule has 0 bridgehead atoms. The van der Waals surface area contributed by atoms with E-state index in [2.05, 4.69) is 15.2 Å². The van der Waals surface area contributed by atoms with Crippen LogP contribution in [0.5, 0.6) is 0 Å². The Bertz CT molecular complexity index is 583. The van der Waals surface area contributed by atoms with Crippen molar-refractivity contribution in [3.8, 4) is 0 Å². The largest absolute Gasteiger partial charge is 0.350 e. The monoisotopic (exact) mass is 350 g/mol. The van der Waals surface area contributed by atoms with Gasteiger partial charge in [0.15, 0.2) is 5.13 Å². The lowest BCUT2D eigenvalue weighted by Crippen LogP contribution is -2.45. The highest BCUT2D eigenvalue weighted by atomic mass is 32.1. The molecule has 132 valence electrons. The van der Waals surface area contributed by atoms with Gasteiger partial charge in [0.25, 0.3) is 0 Å². The fourth-order valence-corrected chi connectivity index (χ4v) is 4.27. The summed E-state index contributed by atoms with van der Waals surface area (Å²) in [7, 11) is 0. The third-order valence-electron chi connectivity index (χ3n) is 4.81. The van der Waals surface area contributed by atoms with Crippen molar-refractivity contribution in [3.63, 3.8) is 0 Å². The van der Waals surface area contributed by atoms with E-state index in [0.717, 1.165) is 43.3 Å². The summed E-state index contributed by atoms with van der Waals surface area (Å²) in [5, 5.41) is 6.09. The summed E-state index contributed by atoms with van der Waals surface area (Å²) in [5.41, 5.74) is 0.924. The van der Waals surface area contributed by atoms with Crippen LogP contribution in [0.2, 0.25) is 0 Å². The second-order valence-electron chi connectivity index (χ2n) is 6.57. The number of hydrogen-bond donors (Lipinski definition) is 1. The van der Waals surface area contributed by atoms with Crippen LogP contribution in [0.15, 0.2) is 5.38 Å². The van der Waals surface area contributed by atoms with Crippen LogP contribution in [0.1, 0.15) is 44.7 Å². The lowest BCUT2D eigenvalue weighted by atomic mass is 9.97. The van der Waals surface area contributed by atoms with Crippen LogP contribution >= 0.6 is 11.3 Å². The van der Waals surface area contributed by atoms with Crippen molar-refractivity contribution in [1.29, 1.82) is 0 Å². The van der Waals surface area contributed by atoms with E-state index in [1.54, 1.807) is 11.3 Å². The first kappa shape index (κ1) is 17.2. The van der Waals surface area contributed by atoms with Crippen LogP contribution in [0.3, 0.4) is 0 Å². The van der Waals surface area contributed by atoms with Crippen LogP contribution < -0.4 is 10.2 Å². The summed E-state index contributed by atoms with van der Waals surface area (Å²) in [6, 6.07) is 0. The predicted molar refractivity (Wildman–Crippen MR) is 95.0 cm³/mol. The molecule has 1 atom stereocenters. The van der Waals surface area contributed by atoms with Gasteiger partial charge in [-0.2, -0.15) is 0 Å². The Morgan fingerprint density at radius 3 is 2.83 bits per heavy atom. The van der Waals surface area contributed by atoms with Crippen LogP contribution in [0, 0.1) is 5.92 Å². The summed E-state index contributed by atoms with van der Waals surface area (Å²) < 4.78 is 0. The molecule has 2 aliphatic heterocycles. The van der Waals surface area contributed by atoms with Crippen LogP contribution in [0.4, 0.5) is 5.13 Å². The number of piperidine rings is 1. The molecule has 2 saturated heterocycles. The van der Waals surface area contributed by atoms with E-state index in [1.807, 2.05) is 17.2 Å². The number of nitrogens with zero attached hydrogens (tertiary/aromatic N) is 3. The normalized spacial score (nSPS) is 21.1. The highest BCUT2D eigenvalue weighted by Gasteiger charge is 2.27. The smallest absolute Gasteiger partial charge is 0.225 e.